The number of likely N-dealkylation sites (tertiary alicyclic amines) is 1. The Hall–Kier alpha value is -4.32. The molecule has 43 heavy (non-hydrogen) atoms. The quantitative estimate of drug-likeness (QED) is 0.115. The number of carbonyl (C=O) groups is 3. The summed E-state index contributed by atoms with van der Waals surface area (Å²) in [7, 11) is 2.02. The third-order valence-corrected chi connectivity index (χ3v) is 7.64. The van der Waals surface area contributed by atoms with Crippen LogP contribution in [0.4, 0.5) is 14.9 Å². The van der Waals surface area contributed by atoms with Gasteiger partial charge in [-0.2, -0.15) is 0 Å². The van der Waals surface area contributed by atoms with Gasteiger partial charge in [-0.25, -0.2) is 14.2 Å². The van der Waals surface area contributed by atoms with Crippen LogP contribution in [-0.4, -0.2) is 97.7 Å². The first kappa shape index (κ1) is 36.7. The number of nitrogens with one attached hydrogen (secondary N) is 2. The number of likely N-dealkylation sites (N-methyl/N-ethyl adjacent to an activating group) is 1. The Labute approximate surface area is 249 Å². The normalized spacial score (nSPS) is 20.1. The smallest absolute Gasteiger partial charge is 0.323 e. The maximum absolute atomic E-state index is 15.2. The number of benzene rings is 1. The molecule has 247 valence electrons. The minimum Gasteiger partial charge on any atom is -0.461 e. The molecule has 1 aromatic rings. The number of amidine groups is 1. The van der Waals surface area contributed by atoms with Crippen LogP contribution in [0.5, 0.6) is 0 Å². The maximum atomic E-state index is 15.2. The number of hydrogen-bond donors (Lipinski definition) is 4. The van der Waals surface area contributed by atoms with E-state index in [1.165, 1.54) is 25.3 Å². The van der Waals surface area contributed by atoms with Crippen molar-refractivity contribution >= 4 is 29.7 Å². The number of rotatable bonds is 11. The van der Waals surface area contributed by atoms with Crippen molar-refractivity contribution in [1.82, 2.24) is 25.3 Å². The summed E-state index contributed by atoms with van der Waals surface area (Å²) < 4.78 is 15.2. The fourth-order valence-electron chi connectivity index (χ4n) is 5.06. The average Bonchev–Trinajstić information content (AvgIpc) is 3.35. The van der Waals surface area contributed by atoms with Crippen molar-refractivity contribution in [3.05, 3.63) is 48.4 Å². The summed E-state index contributed by atoms with van der Waals surface area (Å²) in [5.41, 5.74) is 11.7. The third kappa shape index (κ3) is 12.2. The monoisotopic (exact) mass is 845 g/mol. The number of Topliss-reactive ketones (excluding diaryl/α,β-unsaturated/α-hetero) is 1. The average molecular weight is 846 g/mol. The van der Waals surface area contributed by atoms with Gasteiger partial charge in [0.1, 0.15) is 11.7 Å². The van der Waals surface area contributed by atoms with Gasteiger partial charge in [-0.3, -0.25) is 21.6 Å². The number of aliphatic imine (C=N–C) groups is 1. The molecular formula is C30H48FMdN8O3-. The van der Waals surface area contributed by atoms with Crippen molar-refractivity contribution in [1.29, 1.82) is 0 Å². The number of nitrogens with zero attached hydrogens (tertiary/aromatic N) is 4. The van der Waals surface area contributed by atoms with Gasteiger partial charge < -0.3 is 31.4 Å². The molecule has 1 radical (unpaired) electrons. The van der Waals surface area contributed by atoms with Crippen molar-refractivity contribution in [2.45, 2.75) is 46.1 Å². The first-order valence-electron chi connectivity index (χ1n) is 14.6. The van der Waals surface area contributed by atoms with E-state index in [-0.39, 0.29) is 29.5 Å². The fraction of sp³-hybridized carbons (Fsp3) is 0.567. The minimum atomic E-state index is -0.315. The zero-order valence-electron chi connectivity index (χ0n) is 25.7. The summed E-state index contributed by atoms with van der Waals surface area (Å²) in [6, 6.07) is 4.93. The molecule has 0 bridgehead atoms. The van der Waals surface area contributed by atoms with E-state index >= 15 is 4.39 Å². The van der Waals surface area contributed by atoms with Crippen molar-refractivity contribution in [3.63, 3.8) is 0 Å². The largest absolute Gasteiger partial charge is 0.461 e. The molecule has 2 aliphatic rings. The maximum Gasteiger partial charge on any atom is 0.323 e. The summed E-state index contributed by atoms with van der Waals surface area (Å²) in [4.78, 5) is 43.8. The van der Waals surface area contributed by atoms with Crippen LogP contribution in [-0.2, 0) is 16.0 Å². The van der Waals surface area contributed by atoms with Crippen LogP contribution >= 0.6 is 0 Å². The first-order valence-corrected chi connectivity index (χ1v) is 14.6. The molecule has 0 spiro atoms. The molecule has 2 unspecified atom stereocenters. The SMILES string of the molecule is CC(=O)[CH-]N.CCCC(Cc1ccc(N=C(/C=C\NC=O)NC(=O)N2CCN(C)CC2)cc1F)N1CC(C)[C@H](CN)C1.[Md]. The van der Waals surface area contributed by atoms with E-state index in [1.54, 1.807) is 17.0 Å². The van der Waals surface area contributed by atoms with Gasteiger partial charge in [0.25, 0.3) is 0 Å². The molecule has 2 heterocycles. The van der Waals surface area contributed by atoms with Gasteiger partial charge in [-0.15, -0.1) is 0 Å². The van der Waals surface area contributed by atoms with Gasteiger partial charge in [0, 0.05) is 57.3 Å². The molecule has 11 nitrogen and oxygen atoms in total. The number of urea groups is 1. The molecule has 0 aromatic heterocycles. The molecule has 13 heteroatoms. The molecule has 2 saturated heterocycles. The molecule has 3 atom stereocenters. The molecule has 0 saturated carbocycles. The van der Waals surface area contributed by atoms with Crippen LogP contribution in [0.15, 0.2) is 35.5 Å². The van der Waals surface area contributed by atoms with Gasteiger partial charge >= 0.3 is 6.03 Å². The zero-order chi connectivity index (χ0) is 31.1. The Bertz CT molecular complexity index is 1080. The van der Waals surface area contributed by atoms with Crippen LogP contribution in [0.3, 0.4) is 0 Å². The molecule has 2 fully saturated rings. The number of carbonyl (C=O) groups excluding carboxylic acids is 3. The predicted octanol–water partition coefficient (Wildman–Crippen LogP) is 2.01. The molecule has 6 N–H and O–H groups in total. The van der Waals surface area contributed by atoms with Crippen molar-refractivity contribution in [3.8, 4) is 0 Å². The van der Waals surface area contributed by atoms with E-state index in [9.17, 15) is 14.4 Å². The Kier molecular flexibility index (Phi) is 16.2. The molecule has 1 aromatic carbocycles. The van der Waals surface area contributed by atoms with E-state index in [0.29, 0.717) is 55.6 Å². The topological polar surface area (TPSA) is 149 Å². The number of amides is 3. The molecule has 3 rings (SSSR count). The van der Waals surface area contributed by atoms with Crippen LogP contribution in [0.25, 0.3) is 0 Å². The number of ketones is 1. The third-order valence-electron chi connectivity index (χ3n) is 7.64. The fourth-order valence-corrected chi connectivity index (χ4v) is 5.06. The van der Waals surface area contributed by atoms with Crippen molar-refractivity contribution in [2.24, 2.45) is 28.3 Å². The van der Waals surface area contributed by atoms with Crippen molar-refractivity contribution in [2.75, 3.05) is 52.9 Å². The summed E-state index contributed by atoms with van der Waals surface area (Å²) in [5.74, 6) is 0.845. The van der Waals surface area contributed by atoms with Crippen molar-refractivity contribution < 1.29 is 18.8 Å². The second-order valence-corrected chi connectivity index (χ2v) is 11.0. The second-order valence-electron chi connectivity index (χ2n) is 11.0. The van der Waals surface area contributed by atoms with E-state index < -0.39 is 0 Å². The van der Waals surface area contributed by atoms with Crippen LogP contribution in [0.1, 0.15) is 39.2 Å². The summed E-state index contributed by atoms with van der Waals surface area (Å²) >= 11 is 0. The van der Waals surface area contributed by atoms with Gasteiger partial charge in [-0.05, 0) is 69.0 Å². The number of halogens is 1. The van der Waals surface area contributed by atoms with Crippen LogP contribution in [0, 0.1) is 24.2 Å². The second kappa shape index (κ2) is 19.0. The summed E-state index contributed by atoms with van der Waals surface area (Å²) in [6.07, 6.45) is 6.04. The first-order chi connectivity index (χ1) is 20.1. The Morgan fingerprint density at radius 3 is 2.44 bits per heavy atom. The number of nitrogens with two attached hydrogens (primary N) is 2. The van der Waals surface area contributed by atoms with Crippen LogP contribution in [0.2, 0.25) is 0 Å². The van der Waals surface area contributed by atoms with Crippen LogP contribution < -0.4 is 22.1 Å². The Balaban J connectivity index is 0.00000142. The molecule has 3 amide bonds. The van der Waals surface area contributed by atoms with E-state index in [4.69, 9.17) is 11.5 Å². The zero-order valence-corrected chi connectivity index (χ0v) is 28.0. The van der Waals surface area contributed by atoms with Gasteiger partial charge in [-0.1, -0.05) is 26.3 Å². The summed E-state index contributed by atoms with van der Waals surface area (Å²) in [6.45, 7) is 12.3. The standard InChI is InChI=1S/C27H42FN7O2.C3H6NO.Md/c1-4-5-24(35-17-20(2)22(16-29)18-35)14-21-6-7-23(15-25(21)28)31-26(8-9-30-19-36)32-27(37)34-12-10-33(3)11-13-34;1-3(5)2-4;/h6-9,15,19-20,22,24H,4-5,10-14,16-18,29H2,1-3H3,(H,30,36)(H,31,32,37);2H,4H2,1H3;/q;-1;/b9-8-;;/t20?,22-,24?;;/m1../s1. The van der Waals surface area contributed by atoms with E-state index in [2.05, 4.69) is 39.3 Å². The summed E-state index contributed by atoms with van der Waals surface area (Å²) in [5, 5.41) is 5.19. The Morgan fingerprint density at radius 1 is 1.23 bits per heavy atom. The van der Waals surface area contributed by atoms with Gasteiger partial charge in [0.15, 0.2) is 0 Å². The number of hydrogen-bond acceptors (Lipinski definition) is 8. The van der Waals surface area contributed by atoms with Gasteiger partial charge in [0.05, 0.1) is 5.69 Å². The molecule has 0 aliphatic carbocycles. The molecular weight excluding hydrogens is 797 g/mol. The predicted molar refractivity (Wildman–Crippen MR) is 164 cm³/mol. The van der Waals surface area contributed by atoms with E-state index in [1.807, 2.05) is 7.05 Å². The molecule has 2 aliphatic heterocycles. The van der Waals surface area contributed by atoms with E-state index in [0.717, 1.165) is 45.6 Å². The Morgan fingerprint density at radius 2 is 1.91 bits per heavy atom. The number of piperazine rings is 1. The van der Waals surface area contributed by atoms with Gasteiger partial charge in [0.2, 0.25) is 6.41 Å². The minimum absolute atomic E-state index is 0.